The van der Waals surface area contributed by atoms with E-state index in [0.29, 0.717) is 30.3 Å². The summed E-state index contributed by atoms with van der Waals surface area (Å²) < 4.78 is 25.4. The molecule has 0 atom stereocenters. The van der Waals surface area contributed by atoms with Gasteiger partial charge < -0.3 is 5.32 Å². The normalized spacial score (nSPS) is 14.9. The van der Waals surface area contributed by atoms with E-state index in [0.717, 1.165) is 10.6 Å². The Morgan fingerprint density at radius 3 is 2.75 bits per heavy atom. The van der Waals surface area contributed by atoms with Gasteiger partial charge in [0.05, 0.1) is 11.4 Å². The third kappa shape index (κ3) is 3.74. The Balaban J connectivity index is 1.67. The Kier molecular flexibility index (Phi) is 4.83. The van der Waals surface area contributed by atoms with Crippen LogP contribution in [-0.2, 0) is 23.0 Å². The number of fused-ring (bicyclic) bond motifs is 1. The van der Waals surface area contributed by atoms with Gasteiger partial charge in [0.15, 0.2) is 5.13 Å². The number of nitrogens with zero attached hydrogens (tertiary/aromatic N) is 2. The van der Waals surface area contributed by atoms with Crippen LogP contribution in [0.25, 0.3) is 0 Å². The van der Waals surface area contributed by atoms with E-state index in [1.54, 1.807) is 19.1 Å². The highest BCUT2D eigenvalue weighted by Crippen LogP contribution is 2.29. The molecule has 9 heteroatoms. The molecule has 1 aromatic carbocycles. The maximum Gasteiger partial charge on any atom is 0.325 e. The molecule has 7 nitrogen and oxygen atoms in total. The van der Waals surface area contributed by atoms with E-state index >= 15 is 0 Å². The lowest BCUT2D eigenvalue weighted by Gasteiger charge is -2.24. The summed E-state index contributed by atoms with van der Waals surface area (Å²) in [6.07, 6.45) is 0.563. The fourth-order valence-electron chi connectivity index (χ4n) is 2.43. The first-order chi connectivity index (χ1) is 11.5. The number of carbonyl (C=O) groups excluding carboxylic acids is 1. The van der Waals surface area contributed by atoms with Crippen LogP contribution >= 0.6 is 11.3 Å². The second-order valence-electron chi connectivity index (χ2n) is 5.32. The van der Waals surface area contributed by atoms with E-state index in [9.17, 15) is 13.2 Å². The number of para-hydroxylation sites is 1. The predicted octanol–water partition coefficient (Wildman–Crippen LogP) is 2.49. The van der Waals surface area contributed by atoms with Gasteiger partial charge in [-0.05, 0) is 19.1 Å². The third-order valence-corrected chi connectivity index (χ3v) is 6.53. The Morgan fingerprint density at radius 1 is 1.29 bits per heavy atom. The molecule has 24 heavy (non-hydrogen) atoms. The molecular weight excluding hydrogens is 348 g/mol. The Morgan fingerprint density at radius 2 is 2.04 bits per heavy atom. The number of aromatic nitrogens is 1. The van der Waals surface area contributed by atoms with Crippen molar-refractivity contribution in [3.8, 4) is 0 Å². The summed E-state index contributed by atoms with van der Waals surface area (Å²) in [6, 6.07) is 8.75. The molecule has 2 N–H and O–H groups in total. The van der Waals surface area contributed by atoms with Crippen LogP contribution in [0, 0.1) is 0 Å². The molecule has 0 spiro atoms. The number of amides is 2. The third-order valence-electron chi connectivity index (χ3n) is 3.71. The van der Waals surface area contributed by atoms with Crippen LogP contribution in [0.2, 0.25) is 0 Å². The van der Waals surface area contributed by atoms with Crippen molar-refractivity contribution in [1.82, 2.24) is 9.29 Å². The molecule has 3 rings (SSSR count). The molecule has 1 aromatic heterocycles. The van der Waals surface area contributed by atoms with Crippen molar-refractivity contribution in [2.45, 2.75) is 19.9 Å². The largest absolute Gasteiger partial charge is 0.325 e. The average molecular weight is 366 g/mol. The van der Waals surface area contributed by atoms with E-state index in [1.165, 1.54) is 15.6 Å². The van der Waals surface area contributed by atoms with Gasteiger partial charge in [-0.15, -0.1) is 0 Å². The van der Waals surface area contributed by atoms with Crippen molar-refractivity contribution in [3.05, 3.63) is 40.9 Å². The van der Waals surface area contributed by atoms with Crippen LogP contribution in [-0.4, -0.2) is 36.0 Å². The molecule has 1 aliphatic heterocycles. The summed E-state index contributed by atoms with van der Waals surface area (Å²) >= 11 is 1.32. The summed E-state index contributed by atoms with van der Waals surface area (Å²) in [7, 11) is -3.21. The predicted molar refractivity (Wildman–Crippen MR) is 94.8 cm³/mol. The standard InChI is InChI=1S/C15H18N4O3S2/c1-2-24(21,22)19-9-8-12-13(10-19)23-15(17-12)18-14(20)16-11-6-4-3-5-7-11/h3-7H,2,8-10H2,1H3,(H2,16,17,18,20). The highest BCUT2D eigenvalue weighted by atomic mass is 32.2. The average Bonchev–Trinajstić information content (AvgIpc) is 2.96. The van der Waals surface area contributed by atoms with Gasteiger partial charge in [0, 0.05) is 30.1 Å². The van der Waals surface area contributed by atoms with Gasteiger partial charge in [-0.1, -0.05) is 29.5 Å². The van der Waals surface area contributed by atoms with Crippen LogP contribution in [0.4, 0.5) is 15.6 Å². The van der Waals surface area contributed by atoms with Crippen molar-refractivity contribution in [2.75, 3.05) is 22.9 Å². The van der Waals surface area contributed by atoms with Gasteiger partial charge in [0.1, 0.15) is 0 Å². The first-order valence-corrected chi connectivity index (χ1v) is 10.00. The van der Waals surface area contributed by atoms with Crippen LogP contribution in [0.1, 0.15) is 17.5 Å². The van der Waals surface area contributed by atoms with Crippen LogP contribution in [0.5, 0.6) is 0 Å². The zero-order chi connectivity index (χ0) is 17.2. The number of thiazole rings is 1. The van der Waals surface area contributed by atoms with Gasteiger partial charge in [-0.25, -0.2) is 18.2 Å². The number of nitrogens with one attached hydrogen (secondary N) is 2. The van der Waals surface area contributed by atoms with Gasteiger partial charge in [-0.2, -0.15) is 4.31 Å². The van der Waals surface area contributed by atoms with E-state index in [1.807, 2.05) is 18.2 Å². The number of carbonyl (C=O) groups is 1. The van der Waals surface area contributed by atoms with Crippen LogP contribution in [0.3, 0.4) is 0 Å². The number of urea groups is 1. The fourth-order valence-corrected chi connectivity index (χ4v) is 4.59. The molecule has 0 radical (unpaired) electrons. The Hall–Kier alpha value is -1.97. The first kappa shape index (κ1) is 16.9. The minimum Gasteiger partial charge on any atom is -0.308 e. The van der Waals surface area contributed by atoms with Crippen molar-refractivity contribution in [2.24, 2.45) is 0 Å². The van der Waals surface area contributed by atoms with Gasteiger partial charge in [0.2, 0.25) is 10.0 Å². The van der Waals surface area contributed by atoms with Gasteiger partial charge in [0.25, 0.3) is 0 Å². The lowest BCUT2D eigenvalue weighted by Crippen LogP contribution is -2.36. The highest BCUT2D eigenvalue weighted by Gasteiger charge is 2.28. The maximum absolute atomic E-state index is 12.0. The Labute approximate surface area is 144 Å². The summed E-state index contributed by atoms with van der Waals surface area (Å²) in [5.74, 6) is 0.0890. The molecule has 0 bridgehead atoms. The quantitative estimate of drug-likeness (QED) is 0.870. The molecule has 0 fully saturated rings. The molecule has 128 valence electrons. The highest BCUT2D eigenvalue weighted by molar-refractivity contribution is 7.89. The molecule has 2 aromatic rings. The maximum atomic E-state index is 12.0. The summed E-state index contributed by atoms with van der Waals surface area (Å²) in [6.45, 7) is 2.39. The van der Waals surface area contributed by atoms with Crippen LogP contribution < -0.4 is 10.6 Å². The smallest absolute Gasteiger partial charge is 0.308 e. The van der Waals surface area contributed by atoms with Gasteiger partial charge >= 0.3 is 6.03 Å². The zero-order valence-electron chi connectivity index (χ0n) is 13.2. The molecule has 0 unspecified atom stereocenters. The first-order valence-electron chi connectivity index (χ1n) is 7.57. The minimum absolute atomic E-state index is 0.0890. The summed E-state index contributed by atoms with van der Waals surface area (Å²) in [5, 5.41) is 5.90. The van der Waals surface area contributed by atoms with E-state index in [2.05, 4.69) is 15.6 Å². The SMILES string of the molecule is CCS(=O)(=O)N1CCc2nc(NC(=O)Nc3ccccc3)sc2C1. The second-order valence-corrected chi connectivity index (χ2v) is 8.66. The number of anilines is 2. The van der Waals surface area contributed by atoms with E-state index < -0.39 is 10.0 Å². The number of sulfonamides is 1. The summed E-state index contributed by atoms with van der Waals surface area (Å²) in [4.78, 5) is 17.3. The molecule has 2 amide bonds. The van der Waals surface area contributed by atoms with Crippen molar-refractivity contribution in [3.63, 3.8) is 0 Å². The molecule has 0 saturated heterocycles. The Bertz CT molecular complexity index is 834. The summed E-state index contributed by atoms with van der Waals surface area (Å²) in [5.41, 5.74) is 1.55. The second kappa shape index (κ2) is 6.88. The van der Waals surface area contributed by atoms with Crippen LogP contribution in [0.15, 0.2) is 30.3 Å². The molecule has 0 aliphatic carbocycles. The zero-order valence-corrected chi connectivity index (χ0v) is 14.8. The number of benzene rings is 1. The van der Waals surface area contributed by atoms with Crippen molar-refractivity contribution >= 4 is 38.2 Å². The molecule has 1 aliphatic rings. The molecule has 2 heterocycles. The molecular formula is C15H18N4O3S2. The lowest BCUT2D eigenvalue weighted by atomic mass is 10.2. The van der Waals surface area contributed by atoms with E-state index in [-0.39, 0.29) is 11.8 Å². The monoisotopic (exact) mass is 366 g/mol. The minimum atomic E-state index is -3.21. The van der Waals surface area contributed by atoms with Gasteiger partial charge in [-0.3, -0.25) is 5.32 Å². The fraction of sp³-hybridized carbons (Fsp3) is 0.333. The number of rotatable bonds is 4. The topological polar surface area (TPSA) is 91.4 Å². The lowest BCUT2D eigenvalue weighted by molar-refractivity contribution is 0.262. The number of hydrogen-bond donors (Lipinski definition) is 2. The van der Waals surface area contributed by atoms with E-state index in [4.69, 9.17) is 0 Å². The van der Waals surface area contributed by atoms with Crippen molar-refractivity contribution in [1.29, 1.82) is 0 Å². The van der Waals surface area contributed by atoms with Crippen molar-refractivity contribution < 1.29 is 13.2 Å². The number of hydrogen-bond acceptors (Lipinski definition) is 5. The molecule has 0 saturated carbocycles.